The molecule has 0 spiro atoms. The van der Waals surface area contributed by atoms with E-state index in [9.17, 15) is 0 Å². The Morgan fingerprint density at radius 3 is 2.11 bits per heavy atom. The van der Waals surface area contributed by atoms with E-state index in [2.05, 4.69) is 98.4 Å². The summed E-state index contributed by atoms with van der Waals surface area (Å²) in [6.45, 7) is 32.6. The maximum atomic E-state index is 4.81. The predicted octanol–water partition coefficient (Wildman–Crippen LogP) is 10.1. The van der Waals surface area contributed by atoms with Crippen molar-refractivity contribution in [2.45, 2.75) is 74.7 Å². The molecule has 0 fully saturated rings. The molecule has 186 valence electrons. The van der Waals surface area contributed by atoms with E-state index in [1.54, 1.807) is 0 Å². The summed E-state index contributed by atoms with van der Waals surface area (Å²) in [6, 6.07) is 13.6. The van der Waals surface area contributed by atoms with Crippen LogP contribution in [0.1, 0.15) is 76.6 Å². The van der Waals surface area contributed by atoms with Gasteiger partial charge in [-0.25, -0.2) is 0 Å². The van der Waals surface area contributed by atoms with Crippen LogP contribution in [-0.2, 0) is 6.42 Å². The van der Waals surface area contributed by atoms with Crippen molar-refractivity contribution in [1.29, 1.82) is 0 Å². The molecule has 3 aliphatic rings. The number of hydrogen-bond donors (Lipinski definition) is 0. The van der Waals surface area contributed by atoms with E-state index in [1.165, 1.54) is 66.8 Å². The predicted molar refractivity (Wildman–Crippen MR) is 157 cm³/mol. The van der Waals surface area contributed by atoms with E-state index in [1.807, 2.05) is 0 Å². The summed E-state index contributed by atoms with van der Waals surface area (Å²) in [6.07, 6.45) is 3.26. The Labute approximate surface area is 219 Å². The number of fused-ring (bicyclic) bond motifs is 3. The van der Waals surface area contributed by atoms with Crippen LogP contribution in [0.25, 0.3) is 16.7 Å². The maximum Gasteiger partial charge on any atom is 0.0194 e. The molecule has 3 aliphatic carbocycles. The van der Waals surface area contributed by atoms with E-state index in [-0.39, 0.29) is 16.2 Å². The van der Waals surface area contributed by atoms with Gasteiger partial charge in [-0.05, 0) is 115 Å². The fraction of sp³-hybridized carbons (Fsp3) is 0.389. The summed E-state index contributed by atoms with van der Waals surface area (Å²) >= 11 is 0. The van der Waals surface area contributed by atoms with E-state index < -0.39 is 0 Å². The average molecular weight is 475 g/mol. The molecule has 0 amide bonds. The lowest BCUT2D eigenvalue weighted by Gasteiger charge is -2.62. The van der Waals surface area contributed by atoms with Crippen molar-refractivity contribution in [3.63, 3.8) is 0 Å². The van der Waals surface area contributed by atoms with Gasteiger partial charge in [-0.15, -0.1) is 0 Å². The minimum atomic E-state index is -0.113. The van der Waals surface area contributed by atoms with Gasteiger partial charge in [-0.3, -0.25) is 0 Å². The molecule has 0 aromatic heterocycles. The average Bonchev–Trinajstić information content (AvgIpc) is 2.76. The van der Waals surface area contributed by atoms with Crippen molar-refractivity contribution >= 4 is 5.57 Å². The third kappa shape index (κ3) is 3.13. The van der Waals surface area contributed by atoms with E-state index >= 15 is 0 Å². The van der Waals surface area contributed by atoms with Crippen LogP contribution in [0.15, 0.2) is 89.6 Å². The molecule has 0 unspecified atom stereocenters. The van der Waals surface area contributed by atoms with Gasteiger partial charge in [0.05, 0.1) is 0 Å². The molecule has 36 heavy (non-hydrogen) atoms. The number of allylic oxidation sites excluding steroid dienone is 7. The second-order valence-corrected chi connectivity index (χ2v) is 12.8. The maximum absolute atomic E-state index is 4.81. The van der Waals surface area contributed by atoms with E-state index in [4.69, 9.17) is 13.2 Å². The van der Waals surface area contributed by atoms with Crippen LogP contribution in [0.4, 0.5) is 0 Å². The van der Waals surface area contributed by atoms with Crippen molar-refractivity contribution in [3.8, 4) is 11.1 Å². The van der Waals surface area contributed by atoms with Crippen LogP contribution in [0.3, 0.4) is 0 Å². The lowest BCUT2D eigenvalue weighted by molar-refractivity contribution is 0.0544. The zero-order valence-electron chi connectivity index (χ0n) is 23.7. The number of rotatable bonds is 2. The van der Waals surface area contributed by atoms with Gasteiger partial charge in [-0.2, -0.15) is 0 Å². The van der Waals surface area contributed by atoms with E-state index in [0.29, 0.717) is 0 Å². The molecule has 0 heteroatoms. The van der Waals surface area contributed by atoms with Gasteiger partial charge in [-0.1, -0.05) is 99.2 Å². The summed E-state index contributed by atoms with van der Waals surface area (Å²) in [7, 11) is 0. The van der Waals surface area contributed by atoms with Crippen LogP contribution in [0.2, 0.25) is 0 Å². The molecule has 0 aliphatic heterocycles. The summed E-state index contributed by atoms with van der Waals surface area (Å²) in [5.74, 6) is 0. The molecule has 2 aromatic rings. The van der Waals surface area contributed by atoms with Gasteiger partial charge in [0.25, 0.3) is 0 Å². The van der Waals surface area contributed by atoms with Crippen LogP contribution in [0, 0.1) is 30.1 Å². The fourth-order valence-corrected chi connectivity index (χ4v) is 8.54. The second kappa shape index (κ2) is 7.82. The third-order valence-corrected chi connectivity index (χ3v) is 10.2. The molecular formula is C36H42. The fourth-order valence-electron chi connectivity index (χ4n) is 8.54. The summed E-state index contributed by atoms with van der Waals surface area (Å²) in [5.41, 5.74) is 17.4. The highest BCUT2D eigenvalue weighted by Gasteiger charge is 2.59. The first-order valence-corrected chi connectivity index (χ1v) is 13.4. The van der Waals surface area contributed by atoms with Crippen molar-refractivity contribution in [3.05, 3.63) is 112 Å². The topological polar surface area (TPSA) is 0 Å². The zero-order valence-corrected chi connectivity index (χ0v) is 23.7. The molecule has 0 bridgehead atoms. The Morgan fingerprint density at radius 1 is 0.861 bits per heavy atom. The summed E-state index contributed by atoms with van der Waals surface area (Å²) in [5, 5.41) is 0. The van der Waals surface area contributed by atoms with E-state index in [0.717, 1.165) is 24.8 Å². The Morgan fingerprint density at radius 2 is 1.50 bits per heavy atom. The van der Waals surface area contributed by atoms with Gasteiger partial charge in [0.15, 0.2) is 0 Å². The van der Waals surface area contributed by atoms with Crippen molar-refractivity contribution in [2.75, 3.05) is 0 Å². The Bertz CT molecular complexity index is 1420. The molecule has 0 nitrogen and oxygen atoms in total. The first kappa shape index (κ1) is 24.8. The molecule has 0 saturated heterocycles. The molecule has 0 N–H and O–H groups in total. The first-order chi connectivity index (χ1) is 16.7. The normalized spacial score (nSPS) is 29.7. The largest absolute Gasteiger partial charge is 0.0955 e. The first-order valence-electron chi connectivity index (χ1n) is 13.4. The molecule has 3 atom stereocenters. The SMILES string of the molecule is C=C(C)C1=C(C)C[C@@]2(C)C[C@@]3(C)Cc4c(-c5ccc(C)cc5)ccc(C)c4C(=C)C3=C(C)[C@@]2(C)C1=C. The minimum Gasteiger partial charge on any atom is -0.0955 e. The van der Waals surface area contributed by atoms with Crippen molar-refractivity contribution in [1.82, 2.24) is 0 Å². The molecule has 0 saturated carbocycles. The van der Waals surface area contributed by atoms with Crippen LogP contribution >= 0.6 is 0 Å². The van der Waals surface area contributed by atoms with Crippen molar-refractivity contribution < 1.29 is 0 Å². The Balaban J connectivity index is 1.76. The molecule has 0 radical (unpaired) electrons. The van der Waals surface area contributed by atoms with Crippen molar-refractivity contribution in [2.24, 2.45) is 16.2 Å². The number of aryl methyl sites for hydroxylation is 2. The second-order valence-electron chi connectivity index (χ2n) is 12.8. The lowest BCUT2D eigenvalue weighted by atomic mass is 9.41. The molecule has 0 heterocycles. The Kier molecular flexibility index (Phi) is 5.39. The standard InChI is InChI=1S/C36H42/c1-21(2)31-24(5)18-35(10)20-34(9)19-30-29(28-15-12-22(3)13-16-28)17-14-23(4)32(30)25(6)33(34)27(8)36(35,11)26(31)7/h12-17H,1,6-7,18-20H2,2-5,8-11H3/t34-,35+,36-/m1/s1. The van der Waals surface area contributed by atoms with Crippen LogP contribution < -0.4 is 0 Å². The van der Waals surface area contributed by atoms with Crippen LogP contribution in [0.5, 0.6) is 0 Å². The molecule has 5 rings (SSSR count). The highest BCUT2D eigenvalue weighted by molar-refractivity contribution is 5.90. The summed E-state index contributed by atoms with van der Waals surface area (Å²) in [4.78, 5) is 0. The van der Waals surface area contributed by atoms with Crippen LogP contribution in [-0.4, -0.2) is 0 Å². The molecule has 2 aromatic carbocycles. The zero-order chi connectivity index (χ0) is 26.4. The Hall–Kier alpha value is -2.86. The quantitative estimate of drug-likeness (QED) is 0.406. The number of benzene rings is 2. The highest BCUT2D eigenvalue weighted by atomic mass is 14.6. The third-order valence-electron chi connectivity index (χ3n) is 10.2. The molecular weight excluding hydrogens is 432 g/mol. The smallest absolute Gasteiger partial charge is 0.0194 e. The van der Waals surface area contributed by atoms with Gasteiger partial charge < -0.3 is 0 Å². The lowest BCUT2D eigenvalue weighted by Crippen LogP contribution is -2.52. The van der Waals surface area contributed by atoms with Gasteiger partial charge in [0.1, 0.15) is 0 Å². The highest BCUT2D eigenvalue weighted by Crippen LogP contribution is 2.70. The minimum absolute atomic E-state index is 0.0386. The summed E-state index contributed by atoms with van der Waals surface area (Å²) < 4.78 is 0. The monoisotopic (exact) mass is 474 g/mol. The van der Waals surface area contributed by atoms with Gasteiger partial charge >= 0.3 is 0 Å². The van der Waals surface area contributed by atoms with Gasteiger partial charge in [0, 0.05) is 5.41 Å². The van der Waals surface area contributed by atoms with Gasteiger partial charge in [0.2, 0.25) is 0 Å². The number of hydrogen-bond acceptors (Lipinski definition) is 0.